The Balaban J connectivity index is 1.67. The van der Waals surface area contributed by atoms with Crippen molar-refractivity contribution in [1.82, 2.24) is 10.2 Å². The van der Waals surface area contributed by atoms with Gasteiger partial charge in [0.15, 0.2) is 0 Å². The van der Waals surface area contributed by atoms with Gasteiger partial charge >= 0.3 is 6.03 Å². The van der Waals surface area contributed by atoms with Gasteiger partial charge in [-0.3, -0.25) is 0 Å². The molecule has 1 heterocycles. The second kappa shape index (κ2) is 6.43. The molecule has 0 atom stereocenters. The minimum Gasteiger partial charge on any atom is -0.508 e. The first-order valence-corrected chi connectivity index (χ1v) is 6.71. The van der Waals surface area contributed by atoms with Gasteiger partial charge in [0, 0.05) is 19.1 Å². The second-order valence-corrected chi connectivity index (χ2v) is 4.97. The van der Waals surface area contributed by atoms with Crippen LogP contribution >= 0.6 is 0 Å². The van der Waals surface area contributed by atoms with Crippen LogP contribution in [0.4, 0.5) is 4.79 Å². The highest BCUT2D eigenvalue weighted by atomic mass is 16.3. The van der Waals surface area contributed by atoms with E-state index in [1.807, 2.05) is 12.1 Å². The highest BCUT2D eigenvalue weighted by molar-refractivity contribution is 5.72. The summed E-state index contributed by atoms with van der Waals surface area (Å²) in [6, 6.07) is 7.44. The Kier molecular flexibility index (Phi) is 4.63. The van der Waals surface area contributed by atoms with Gasteiger partial charge < -0.3 is 21.1 Å². The van der Waals surface area contributed by atoms with Gasteiger partial charge in [0.05, 0.1) is 0 Å². The number of hydrogen-bond donors (Lipinski definition) is 3. The maximum atomic E-state index is 11.0. The van der Waals surface area contributed by atoms with Crippen LogP contribution < -0.4 is 11.1 Å². The van der Waals surface area contributed by atoms with Crippen molar-refractivity contribution in [1.29, 1.82) is 0 Å². The number of urea groups is 1. The van der Waals surface area contributed by atoms with E-state index in [-0.39, 0.29) is 6.03 Å². The predicted molar refractivity (Wildman–Crippen MR) is 74.0 cm³/mol. The summed E-state index contributed by atoms with van der Waals surface area (Å²) in [7, 11) is 0. The van der Waals surface area contributed by atoms with Crippen molar-refractivity contribution in [3.8, 4) is 5.75 Å². The van der Waals surface area contributed by atoms with E-state index in [2.05, 4.69) is 5.32 Å². The number of nitrogens with zero attached hydrogens (tertiary/aromatic N) is 1. The van der Waals surface area contributed by atoms with Gasteiger partial charge in [0.25, 0.3) is 0 Å². The number of primary amides is 1. The molecule has 0 aliphatic carbocycles. The van der Waals surface area contributed by atoms with Crippen molar-refractivity contribution in [2.75, 3.05) is 19.6 Å². The Labute approximate surface area is 113 Å². The van der Waals surface area contributed by atoms with Crippen molar-refractivity contribution in [2.24, 2.45) is 5.73 Å². The molecule has 1 aromatic rings. The number of hydrogen-bond acceptors (Lipinski definition) is 3. The van der Waals surface area contributed by atoms with Crippen LogP contribution in [0.3, 0.4) is 0 Å². The summed E-state index contributed by atoms with van der Waals surface area (Å²) < 4.78 is 0. The Morgan fingerprint density at radius 1 is 1.32 bits per heavy atom. The fourth-order valence-corrected chi connectivity index (χ4v) is 2.39. The third kappa shape index (κ3) is 4.13. The molecule has 104 valence electrons. The fourth-order valence-electron chi connectivity index (χ4n) is 2.39. The Hall–Kier alpha value is -1.75. The maximum absolute atomic E-state index is 11.0. The molecule has 5 nitrogen and oxygen atoms in total. The largest absolute Gasteiger partial charge is 0.508 e. The van der Waals surface area contributed by atoms with Crippen LogP contribution in [0.5, 0.6) is 5.75 Å². The van der Waals surface area contributed by atoms with Gasteiger partial charge in [-0.1, -0.05) is 12.1 Å². The van der Waals surface area contributed by atoms with Crippen LogP contribution in [0.15, 0.2) is 24.3 Å². The maximum Gasteiger partial charge on any atom is 0.314 e. The SMILES string of the molecule is NC(=O)N1CCC(NCCc2ccc(O)cc2)CC1. The number of nitrogens with one attached hydrogen (secondary N) is 1. The van der Waals surface area contributed by atoms with Gasteiger partial charge in [-0.25, -0.2) is 4.79 Å². The Bertz CT molecular complexity index is 411. The van der Waals surface area contributed by atoms with E-state index in [1.165, 1.54) is 5.56 Å². The third-order valence-corrected chi connectivity index (χ3v) is 3.59. The van der Waals surface area contributed by atoms with E-state index < -0.39 is 0 Å². The zero-order valence-electron chi connectivity index (χ0n) is 11.0. The van der Waals surface area contributed by atoms with Crippen molar-refractivity contribution >= 4 is 6.03 Å². The first-order chi connectivity index (χ1) is 9.15. The topological polar surface area (TPSA) is 78.6 Å². The highest BCUT2D eigenvalue weighted by Crippen LogP contribution is 2.11. The van der Waals surface area contributed by atoms with Crippen molar-refractivity contribution < 1.29 is 9.90 Å². The quantitative estimate of drug-likeness (QED) is 0.760. The number of carbonyl (C=O) groups excluding carboxylic acids is 1. The summed E-state index contributed by atoms with van der Waals surface area (Å²) in [6.07, 6.45) is 2.85. The average molecular weight is 263 g/mol. The van der Waals surface area contributed by atoms with Crippen molar-refractivity contribution in [2.45, 2.75) is 25.3 Å². The monoisotopic (exact) mass is 263 g/mol. The van der Waals surface area contributed by atoms with Gasteiger partial charge in [0.2, 0.25) is 0 Å². The van der Waals surface area contributed by atoms with E-state index in [4.69, 9.17) is 5.73 Å². The predicted octanol–water partition coefficient (Wildman–Crippen LogP) is 1.07. The smallest absolute Gasteiger partial charge is 0.314 e. The summed E-state index contributed by atoms with van der Waals surface area (Å²) in [4.78, 5) is 12.7. The summed E-state index contributed by atoms with van der Waals surface area (Å²) in [6.45, 7) is 2.39. The molecule has 0 unspecified atom stereocenters. The van der Waals surface area contributed by atoms with Crippen molar-refractivity contribution in [3.63, 3.8) is 0 Å². The molecule has 19 heavy (non-hydrogen) atoms. The van der Waals surface area contributed by atoms with Crippen LogP contribution in [0, 0.1) is 0 Å². The molecule has 0 radical (unpaired) electrons. The Morgan fingerprint density at radius 3 is 2.53 bits per heavy atom. The number of benzene rings is 1. The number of carbonyl (C=O) groups is 1. The average Bonchev–Trinajstić information content (AvgIpc) is 2.41. The number of rotatable bonds is 4. The number of likely N-dealkylation sites (tertiary alicyclic amines) is 1. The first kappa shape index (κ1) is 13.7. The number of phenols is 1. The van der Waals surface area contributed by atoms with Gasteiger partial charge in [-0.05, 0) is 43.5 Å². The van der Waals surface area contributed by atoms with E-state index in [0.29, 0.717) is 11.8 Å². The number of aromatic hydroxyl groups is 1. The van der Waals surface area contributed by atoms with Gasteiger partial charge in [-0.2, -0.15) is 0 Å². The van der Waals surface area contributed by atoms with Gasteiger partial charge in [-0.15, -0.1) is 0 Å². The van der Waals surface area contributed by atoms with Gasteiger partial charge in [0.1, 0.15) is 5.75 Å². The zero-order chi connectivity index (χ0) is 13.7. The van der Waals surface area contributed by atoms with Crippen LogP contribution in [0.1, 0.15) is 18.4 Å². The number of nitrogens with two attached hydrogens (primary N) is 1. The van der Waals surface area contributed by atoms with E-state index in [0.717, 1.165) is 38.9 Å². The second-order valence-electron chi connectivity index (χ2n) is 4.97. The van der Waals surface area contributed by atoms with E-state index in [1.54, 1.807) is 17.0 Å². The number of amides is 2. The normalized spacial score (nSPS) is 16.5. The molecule has 0 spiro atoms. The molecule has 1 saturated heterocycles. The van der Waals surface area contributed by atoms with E-state index >= 15 is 0 Å². The lowest BCUT2D eigenvalue weighted by atomic mass is 10.0. The van der Waals surface area contributed by atoms with Crippen LogP contribution in [0.2, 0.25) is 0 Å². The zero-order valence-corrected chi connectivity index (χ0v) is 11.0. The van der Waals surface area contributed by atoms with E-state index in [9.17, 15) is 9.90 Å². The minimum atomic E-state index is -0.317. The molecular weight excluding hydrogens is 242 g/mol. The molecule has 2 amide bonds. The lowest BCUT2D eigenvalue weighted by Gasteiger charge is -2.31. The van der Waals surface area contributed by atoms with Crippen LogP contribution in [-0.4, -0.2) is 41.7 Å². The molecule has 5 heteroatoms. The number of piperidine rings is 1. The van der Waals surface area contributed by atoms with Crippen molar-refractivity contribution in [3.05, 3.63) is 29.8 Å². The standard InChI is InChI=1S/C14H21N3O2/c15-14(19)17-9-6-12(7-10-17)16-8-5-11-1-3-13(18)4-2-11/h1-4,12,16,18H,5-10H2,(H2,15,19). The molecule has 1 aromatic carbocycles. The Morgan fingerprint density at radius 2 is 1.95 bits per heavy atom. The lowest BCUT2D eigenvalue weighted by molar-refractivity contribution is 0.185. The molecule has 2 rings (SSSR count). The summed E-state index contributed by atoms with van der Waals surface area (Å²) in [5.41, 5.74) is 6.46. The molecular formula is C14H21N3O2. The van der Waals surface area contributed by atoms with Crippen LogP contribution in [-0.2, 0) is 6.42 Å². The van der Waals surface area contributed by atoms with Crippen LogP contribution in [0.25, 0.3) is 0 Å². The molecule has 1 fully saturated rings. The summed E-state index contributed by atoms with van der Waals surface area (Å²) >= 11 is 0. The summed E-state index contributed by atoms with van der Waals surface area (Å²) in [5.74, 6) is 0.301. The molecule has 0 bridgehead atoms. The fraction of sp³-hybridized carbons (Fsp3) is 0.500. The lowest BCUT2D eigenvalue weighted by Crippen LogP contribution is -2.47. The minimum absolute atomic E-state index is 0.301. The molecule has 1 aliphatic rings. The molecule has 4 N–H and O–H groups in total. The molecule has 0 aromatic heterocycles. The third-order valence-electron chi connectivity index (χ3n) is 3.59. The number of phenolic OH excluding ortho intramolecular Hbond substituents is 1. The molecule has 1 aliphatic heterocycles. The summed E-state index contributed by atoms with van der Waals surface area (Å²) in [5, 5.41) is 12.7. The molecule has 0 saturated carbocycles. The highest BCUT2D eigenvalue weighted by Gasteiger charge is 2.20. The first-order valence-electron chi connectivity index (χ1n) is 6.71.